The van der Waals surface area contributed by atoms with Crippen LogP contribution in [0.2, 0.25) is 0 Å². The number of rotatable bonds is 5. The van der Waals surface area contributed by atoms with Gasteiger partial charge in [0.25, 0.3) is 0 Å². The van der Waals surface area contributed by atoms with Crippen molar-refractivity contribution >= 4 is 0 Å². The lowest BCUT2D eigenvalue weighted by atomic mass is 10.1. The predicted octanol–water partition coefficient (Wildman–Crippen LogP) is 0.566. The molecule has 1 aromatic rings. The molecule has 1 aliphatic heterocycles. The molecule has 0 aliphatic carbocycles. The van der Waals surface area contributed by atoms with E-state index in [1.54, 1.807) is 0 Å². The van der Waals surface area contributed by atoms with Gasteiger partial charge in [0.15, 0.2) is 0 Å². The summed E-state index contributed by atoms with van der Waals surface area (Å²) in [6, 6.07) is 0. The van der Waals surface area contributed by atoms with Crippen molar-refractivity contribution in [1.82, 2.24) is 14.7 Å². The van der Waals surface area contributed by atoms with Crippen molar-refractivity contribution in [3.8, 4) is 0 Å². The average Bonchev–Trinajstić information content (AvgIpc) is 2.77. The van der Waals surface area contributed by atoms with Gasteiger partial charge in [0.05, 0.1) is 18.9 Å². The molecular formula is C12H21N3O2. The lowest BCUT2D eigenvalue weighted by Gasteiger charge is -2.32. The molecule has 1 unspecified atom stereocenters. The molecule has 17 heavy (non-hydrogen) atoms. The highest BCUT2D eigenvalue weighted by atomic mass is 16.5. The molecule has 0 amide bonds. The molecule has 0 bridgehead atoms. The fourth-order valence-electron chi connectivity index (χ4n) is 2.16. The fourth-order valence-corrected chi connectivity index (χ4v) is 2.16. The number of ether oxygens (including phenoxy) is 1. The van der Waals surface area contributed by atoms with Gasteiger partial charge < -0.3 is 9.84 Å². The number of aliphatic hydroxyl groups excluding tert-OH is 1. The predicted molar refractivity (Wildman–Crippen MR) is 64.7 cm³/mol. The van der Waals surface area contributed by atoms with Crippen LogP contribution in [0.25, 0.3) is 0 Å². The Balaban J connectivity index is 1.84. The topological polar surface area (TPSA) is 50.5 Å². The molecule has 5 heteroatoms. The van der Waals surface area contributed by atoms with Gasteiger partial charge in [-0.15, -0.1) is 0 Å². The third-order valence-corrected chi connectivity index (χ3v) is 3.13. The maximum absolute atomic E-state index is 8.77. The first-order chi connectivity index (χ1) is 8.29. The Bertz CT molecular complexity index is 340. The van der Waals surface area contributed by atoms with Crippen LogP contribution in [0, 0.1) is 0 Å². The van der Waals surface area contributed by atoms with E-state index in [0.717, 1.165) is 44.6 Å². The van der Waals surface area contributed by atoms with Gasteiger partial charge >= 0.3 is 0 Å². The zero-order valence-electron chi connectivity index (χ0n) is 10.4. The fraction of sp³-hybridized carbons (Fsp3) is 0.750. The molecule has 0 radical (unpaired) electrons. The largest absolute Gasteiger partial charge is 0.396 e. The molecule has 0 spiro atoms. The van der Waals surface area contributed by atoms with Crippen molar-refractivity contribution < 1.29 is 9.84 Å². The standard InChI is InChI=1S/C12H21N3O2/c1-14-9-11(8-13-14)12-10-15(5-7-17-12)4-2-3-6-16/h8-9,12,16H,2-7,10H2,1H3. The number of aromatic nitrogens is 2. The average molecular weight is 239 g/mol. The summed E-state index contributed by atoms with van der Waals surface area (Å²) in [6.07, 6.45) is 5.97. The lowest BCUT2D eigenvalue weighted by Crippen LogP contribution is -2.38. The summed E-state index contributed by atoms with van der Waals surface area (Å²) in [7, 11) is 1.92. The Morgan fingerprint density at radius 2 is 2.41 bits per heavy atom. The van der Waals surface area contributed by atoms with E-state index >= 15 is 0 Å². The first-order valence-corrected chi connectivity index (χ1v) is 6.23. The Morgan fingerprint density at radius 1 is 1.53 bits per heavy atom. The summed E-state index contributed by atoms with van der Waals surface area (Å²) in [5, 5.41) is 13.0. The molecule has 1 fully saturated rings. The van der Waals surface area contributed by atoms with E-state index in [4.69, 9.17) is 9.84 Å². The van der Waals surface area contributed by atoms with Crippen LogP contribution in [-0.4, -0.2) is 52.6 Å². The summed E-state index contributed by atoms with van der Waals surface area (Å²) in [5.74, 6) is 0. The van der Waals surface area contributed by atoms with Crippen LogP contribution in [0.15, 0.2) is 12.4 Å². The van der Waals surface area contributed by atoms with Crippen LogP contribution in [0.5, 0.6) is 0 Å². The second-order valence-corrected chi connectivity index (χ2v) is 4.54. The Hall–Kier alpha value is -0.910. The number of unbranched alkanes of at least 4 members (excludes halogenated alkanes) is 1. The van der Waals surface area contributed by atoms with Crippen molar-refractivity contribution in [2.45, 2.75) is 18.9 Å². The van der Waals surface area contributed by atoms with Gasteiger partial charge in [-0.1, -0.05) is 0 Å². The summed E-state index contributed by atoms with van der Waals surface area (Å²) in [4.78, 5) is 2.40. The number of aliphatic hydroxyl groups is 1. The highest BCUT2D eigenvalue weighted by Gasteiger charge is 2.22. The second kappa shape index (κ2) is 6.14. The molecule has 1 saturated heterocycles. The van der Waals surface area contributed by atoms with Crippen molar-refractivity contribution in [2.24, 2.45) is 7.05 Å². The van der Waals surface area contributed by atoms with Gasteiger partial charge in [-0.3, -0.25) is 9.58 Å². The van der Waals surface area contributed by atoms with Gasteiger partial charge in [-0.2, -0.15) is 5.10 Å². The van der Waals surface area contributed by atoms with E-state index < -0.39 is 0 Å². The number of morpholine rings is 1. The van der Waals surface area contributed by atoms with Gasteiger partial charge in [-0.25, -0.2) is 0 Å². The molecule has 1 aliphatic rings. The number of aryl methyl sites for hydroxylation is 1. The number of hydrogen-bond acceptors (Lipinski definition) is 4. The maximum atomic E-state index is 8.77. The zero-order valence-corrected chi connectivity index (χ0v) is 10.4. The van der Waals surface area contributed by atoms with Crippen LogP contribution < -0.4 is 0 Å². The molecule has 5 nitrogen and oxygen atoms in total. The molecular weight excluding hydrogens is 218 g/mol. The highest BCUT2D eigenvalue weighted by Crippen LogP contribution is 2.21. The minimum atomic E-state index is 0.145. The van der Waals surface area contributed by atoms with E-state index in [2.05, 4.69) is 10.00 Å². The SMILES string of the molecule is Cn1cc(C2CN(CCCCO)CCO2)cn1. The summed E-state index contributed by atoms with van der Waals surface area (Å²) in [5.41, 5.74) is 1.15. The molecule has 1 N–H and O–H groups in total. The minimum absolute atomic E-state index is 0.145. The highest BCUT2D eigenvalue weighted by molar-refractivity contribution is 5.09. The molecule has 0 aromatic carbocycles. The quantitative estimate of drug-likeness (QED) is 0.763. The third kappa shape index (κ3) is 3.52. The van der Waals surface area contributed by atoms with Crippen LogP contribution in [0.1, 0.15) is 24.5 Å². The van der Waals surface area contributed by atoms with E-state index in [-0.39, 0.29) is 12.7 Å². The Labute approximate surface area is 102 Å². The van der Waals surface area contributed by atoms with Crippen molar-refractivity contribution in [2.75, 3.05) is 32.8 Å². The third-order valence-electron chi connectivity index (χ3n) is 3.13. The molecule has 2 heterocycles. The number of nitrogens with zero attached hydrogens (tertiary/aromatic N) is 3. The smallest absolute Gasteiger partial charge is 0.0982 e. The Kier molecular flexibility index (Phi) is 4.53. The first-order valence-electron chi connectivity index (χ1n) is 6.23. The minimum Gasteiger partial charge on any atom is -0.396 e. The summed E-state index contributed by atoms with van der Waals surface area (Å²) in [6.45, 7) is 4.02. The van der Waals surface area contributed by atoms with Crippen LogP contribution in [0.4, 0.5) is 0 Å². The zero-order chi connectivity index (χ0) is 12.1. The molecule has 0 saturated carbocycles. The van der Waals surface area contributed by atoms with E-state index in [0.29, 0.717) is 0 Å². The van der Waals surface area contributed by atoms with Crippen LogP contribution >= 0.6 is 0 Å². The summed E-state index contributed by atoms with van der Waals surface area (Å²) >= 11 is 0. The molecule has 1 aromatic heterocycles. The maximum Gasteiger partial charge on any atom is 0.0982 e. The van der Waals surface area contributed by atoms with Crippen molar-refractivity contribution in [1.29, 1.82) is 0 Å². The Morgan fingerprint density at radius 3 is 3.12 bits per heavy atom. The van der Waals surface area contributed by atoms with Gasteiger partial charge in [-0.05, 0) is 19.4 Å². The van der Waals surface area contributed by atoms with Crippen molar-refractivity contribution in [3.63, 3.8) is 0 Å². The van der Waals surface area contributed by atoms with E-state index in [9.17, 15) is 0 Å². The van der Waals surface area contributed by atoms with Crippen LogP contribution in [-0.2, 0) is 11.8 Å². The molecule has 2 rings (SSSR count). The van der Waals surface area contributed by atoms with Crippen molar-refractivity contribution in [3.05, 3.63) is 18.0 Å². The monoisotopic (exact) mass is 239 g/mol. The number of hydrogen-bond donors (Lipinski definition) is 1. The first kappa shape index (κ1) is 12.5. The van der Waals surface area contributed by atoms with E-state index in [1.165, 1.54) is 0 Å². The van der Waals surface area contributed by atoms with Crippen LogP contribution in [0.3, 0.4) is 0 Å². The normalized spacial score (nSPS) is 21.9. The lowest BCUT2D eigenvalue weighted by molar-refractivity contribution is -0.0306. The summed E-state index contributed by atoms with van der Waals surface area (Å²) < 4.78 is 7.58. The second-order valence-electron chi connectivity index (χ2n) is 4.54. The van der Waals surface area contributed by atoms with E-state index in [1.807, 2.05) is 24.1 Å². The van der Waals surface area contributed by atoms with Gasteiger partial charge in [0.2, 0.25) is 0 Å². The van der Waals surface area contributed by atoms with Gasteiger partial charge in [0.1, 0.15) is 0 Å². The van der Waals surface area contributed by atoms with Gasteiger partial charge in [0, 0.05) is 38.5 Å². The molecule has 1 atom stereocenters. The molecule has 96 valence electrons.